The lowest BCUT2D eigenvalue weighted by Gasteiger charge is -2.12. The van der Waals surface area contributed by atoms with Gasteiger partial charge in [0, 0.05) is 6.54 Å². The Kier molecular flexibility index (Phi) is 5.88. The molecule has 0 aromatic heterocycles. The predicted octanol–water partition coefficient (Wildman–Crippen LogP) is 4.20. The summed E-state index contributed by atoms with van der Waals surface area (Å²) >= 11 is 0. The highest BCUT2D eigenvalue weighted by Crippen LogP contribution is 2.19. The van der Waals surface area contributed by atoms with E-state index in [2.05, 4.69) is 5.32 Å². The molecule has 0 aliphatic heterocycles. The summed E-state index contributed by atoms with van der Waals surface area (Å²) in [5, 5.41) is 2.93. The van der Waals surface area contributed by atoms with Crippen molar-refractivity contribution in [1.29, 1.82) is 0 Å². The van der Waals surface area contributed by atoms with E-state index in [9.17, 15) is 4.79 Å². The number of ether oxygens (including phenoxy) is 2. The molecule has 3 aromatic rings. The fourth-order valence-electron chi connectivity index (χ4n) is 2.54. The fourth-order valence-corrected chi connectivity index (χ4v) is 2.54. The lowest BCUT2D eigenvalue weighted by molar-refractivity contribution is 0.0946. The maximum atomic E-state index is 12.6. The predicted molar refractivity (Wildman–Crippen MR) is 101 cm³/mol. The quantitative estimate of drug-likeness (QED) is 0.697. The Bertz CT molecular complexity index is 845. The third kappa shape index (κ3) is 4.63. The molecule has 26 heavy (non-hydrogen) atoms. The molecule has 0 heterocycles. The van der Waals surface area contributed by atoms with Gasteiger partial charge in [-0.3, -0.25) is 4.79 Å². The van der Waals surface area contributed by atoms with Crippen LogP contribution in [0.5, 0.6) is 11.5 Å². The molecule has 0 unspecified atom stereocenters. The van der Waals surface area contributed by atoms with E-state index < -0.39 is 0 Å². The largest absolute Gasteiger partial charge is 0.497 e. The van der Waals surface area contributed by atoms with Gasteiger partial charge < -0.3 is 14.8 Å². The number of carbonyl (C=O) groups is 1. The Hall–Kier alpha value is -3.27. The van der Waals surface area contributed by atoms with E-state index >= 15 is 0 Å². The van der Waals surface area contributed by atoms with Crippen molar-refractivity contribution in [3.8, 4) is 11.5 Å². The van der Waals surface area contributed by atoms with Gasteiger partial charge in [-0.2, -0.15) is 0 Å². The van der Waals surface area contributed by atoms with Crippen molar-refractivity contribution >= 4 is 5.91 Å². The van der Waals surface area contributed by atoms with Crippen molar-refractivity contribution in [2.24, 2.45) is 0 Å². The number of carbonyl (C=O) groups excluding carboxylic acids is 1. The summed E-state index contributed by atoms with van der Waals surface area (Å²) in [5.41, 5.74) is 2.58. The van der Waals surface area contributed by atoms with Crippen molar-refractivity contribution in [1.82, 2.24) is 5.32 Å². The topological polar surface area (TPSA) is 47.6 Å². The maximum absolute atomic E-state index is 12.6. The van der Waals surface area contributed by atoms with Crippen molar-refractivity contribution < 1.29 is 14.3 Å². The molecule has 3 aromatic carbocycles. The van der Waals surface area contributed by atoms with Gasteiger partial charge in [-0.25, -0.2) is 0 Å². The van der Waals surface area contributed by atoms with Crippen LogP contribution in [-0.4, -0.2) is 13.0 Å². The smallest absolute Gasteiger partial charge is 0.255 e. The fraction of sp³-hybridized carbons (Fsp3) is 0.136. The van der Waals surface area contributed by atoms with Gasteiger partial charge in [-0.05, 0) is 35.4 Å². The second-order valence-corrected chi connectivity index (χ2v) is 5.80. The zero-order valence-electron chi connectivity index (χ0n) is 14.6. The van der Waals surface area contributed by atoms with Crippen LogP contribution in [0.15, 0.2) is 78.9 Å². The molecule has 0 spiro atoms. The number of methoxy groups -OCH3 is 1. The monoisotopic (exact) mass is 347 g/mol. The SMILES string of the molecule is COc1ccc(CNC(=O)c2ccccc2OCc2ccccc2)cc1. The highest BCUT2D eigenvalue weighted by Gasteiger charge is 2.12. The maximum Gasteiger partial charge on any atom is 0.255 e. The lowest BCUT2D eigenvalue weighted by Crippen LogP contribution is -2.23. The van der Waals surface area contributed by atoms with Crippen LogP contribution >= 0.6 is 0 Å². The van der Waals surface area contributed by atoms with Crippen molar-refractivity contribution in [3.05, 3.63) is 95.6 Å². The minimum Gasteiger partial charge on any atom is -0.497 e. The summed E-state index contributed by atoms with van der Waals surface area (Å²) < 4.78 is 11.0. The molecule has 0 bridgehead atoms. The van der Waals surface area contributed by atoms with Crippen molar-refractivity contribution in [2.45, 2.75) is 13.2 Å². The Balaban J connectivity index is 1.63. The number of hydrogen-bond donors (Lipinski definition) is 1. The number of amides is 1. The minimum atomic E-state index is -0.163. The summed E-state index contributed by atoms with van der Waals surface area (Å²) in [7, 11) is 1.63. The van der Waals surface area contributed by atoms with E-state index in [-0.39, 0.29) is 5.91 Å². The summed E-state index contributed by atoms with van der Waals surface area (Å²) in [6.45, 7) is 0.861. The molecule has 1 N–H and O–H groups in total. The summed E-state index contributed by atoms with van der Waals surface area (Å²) in [6, 6.07) is 24.7. The third-order valence-electron chi connectivity index (χ3n) is 3.98. The van der Waals surface area contributed by atoms with Gasteiger partial charge in [-0.1, -0.05) is 54.6 Å². The van der Waals surface area contributed by atoms with Gasteiger partial charge in [0.05, 0.1) is 12.7 Å². The number of nitrogens with one attached hydrogen (secondary N) is 1. The van der Waals surface area contributed by atoms with E-state index in [1.807, 2.05) is 72.8 Å². The molecular formula is C22H21NO3. The van der Waals surface area contributed by atoms with Gasteiger partial charge in [0.1, 0.15) is 18.1 Å². The number of rotatable bonds is 7. The van der Waals surface area contributed by atoms with Crippen molar-refractivity contribution in [2.75, 3.05) is 7.11 Å². The van der Waals surface area contributed by atoms with Gasteiger partial charge in [0.2, 0.25) is 0 Å². The second-order valence-electron chi connectivity index (χ2n) is 5.80. The second kappa shape index (κ2) is 8.72. The molecule has 0 aliphatic rings. The van der Waals surface area contributed by atoms with E-state index in [1.54, 1.807) is 13.2 Å². The Morgan fingerprint density at radius 2 is 1.54 bits per heavy atom. The van der Waals surface area contributed by atoms with E-state index in [4.69, 9.17) is 9.47 Å². The first kappa shape index (κ1) is 17.5. The molecule has 1 amide bonds. The first-order valence-electron chi connectivity index (χ1n) is 8.43. The molecule has 0 aliphatic carbocycles. The van der Waals surface area contributed by atoms with E-state index in [0.717, 1.165) is 16.9 Å². The van der Waals surface area contributed by atoms with Crippen LogP contribution in [0.4, 0.5) is 0 Å². The summed E-state index contributed by atoms with van der Waals surface area (Å²) in [6.07, 6.45) is 0. The van der Waals surface area contributed by atoms with Crippen LogP contribution in [0.3, 0.4) is 0 Å². The highest BCUT2D eigenvalue weighted by atomic mass is 16.5. The zero-order valence-corrected chi connectivity index (χ0v) is 14.6. The Morgan fingerprint density at radius 3 is 2.27 bits per heavy atom. The molecule has 0 radical (unpaired) electrons. The molecule has 0 saturated carbocycles. The molecule has 0 fully saturated rings. The summed E-state index contributed by atoms with van der Waals surface area (Å²) in [4.78, 5) is 12.6. The van der Waals surface area contributed by atoms with E-state index in [0.29, 0.717) is 24.5 Å². The Labute approximate surface area is 153 Å². The molecule has 4 nitrogen and oxygen atoms in total. The average molecular weight is 347 g/mol. The van der Waals surface area contributed by atoms with Crippen LogP contribution in [-0.2, 0) is 13.2 Å². The lowest BCUT2D eigenvalue weighted by atomic mass is 10.1. The molecule has 4 heteroatoms. The van der Waals surface area contributed by atoms with Gasteiger partial charge >= 0.3 is 0 Å². The molecular weight excluding hydrogens is 326 g/mol. The standard InChI is InChI=1S/C22H21NO3/c1-25-19-13-11-17(12-14-19)15-23-22(24)20-9-5-6-10-21(20)26-16-18-7-3-2-4-8-18/h2-14H,15-16H2,1H3,(H,23,24). The number of benzene rings is 3. The molecule has 132 valence electrons. The minimum absolute atomic E-state index is 0.163. The van der Waals surface area contributed by atoms with Gasteiger partial charge in [-0.15, -0.1) is 0 Å². The van der Waals surface area contributed by atoms with E-state index in [1.165, 1.54) is 0 Å². The third-order valence-corrected chi connectivity index (χ3v) is 3.98. The first-order valence-corrected chi connectivity index (χ1v) is 8.43. The van der Waals surface area contributed by atoms with Gasteiger partial charge in [0.25, 0.3) is 5.91 Å². The van der Waals surface area contributed by atoms with Crippen molar-refractivity contribution in [3.63, 3.8) is 0 Å². The molecule has 0 atom stereocenters. The molecule has 3 rings (SSSR count). The number of para-hydroxylation sites is 1. The van der Waals surface area contributed by atoms with Crippen LogP contribution in [0.1, 0.15) is 21.5 Å². The van der Waals surface area contributed by atoms with Gasteiger partial charge in [0.15, 0.2) is 0 Å². The highest BCUT2D eigenvalue weighted by molar-refractivity contribution is 5.96. The van der Waals surface area contributed by atoms with Crippen LogP contribution in [0, 0.1) is 0 Å². The molecule has 0 saturated heterocycles. The Morgan fingerprint density at radius 1 is 0.846 bits per heavy atom. The first-order chi connectivity index (χ1) is 12.8. The zero-order chi connectivity index (χ0) is 18.2. The average Bonchev–Trinajstić information content (AvgIpc) is 2.72. The van der Waals surface area contributed by atoms with Crippen LogP contribution in [0.25, 0.3) is 0 Å². The number of hydrogen-bond acceptors (Lipinski definition) is 3. The van der Waals surface area contributed by atoms with Crippen LogP contribution < -0.4 is 14.8 Å². The summed E-state index contributed by atoms with van der Waals surface area (Å²) in [5.74, 6) is 1.20. The van der Waals surface area contributed by atoms with Crippen LogP contribution in [0.2, 0.25) is 0 Å². The normalized spacial score (nSPS) is 10.2.